The number of benzene rings is 3. The molecule has 0 aliphatic heterocycles. The number of methoxy groups -OCH3 is 1. The molecule has 3 aromatic carbocycles. The van der Waals surface area contributed by atoms with Gasteiger partial charge in [0.25, 0.3) is 15.9 Å². The van der Waals surface area contributed by atoms with Crippen LogP contribution >= 0.6 is 11.6 Å². The van der Waals surface area contributed by atoms with E-state index in [1.54, 1.807) is 18.2 Å². The van der Waals surface area contributed by atoms with E-state index in [2.05, 4.69) is 10.0 Å². The van der Waals surface area contributed by atoms with Gasteiger partial charge in [-0.3, -0.25) is 9.52 Å². The summed E-state index contributed by atoms with van der Waals surface area (Å²) >= 11 is 5.96. The van der Waals surface area contributed by atoms with Gasteiger partial charge >= 0.3 is 0 Å². The van der Waals surface area contributed by atoms with Gasteiger partial charge in [0, 0.05) is 10.6 Å². The van der Waals surface area contributed by atoms with Crippen LogP contribution in [0, 0.1) is 20.8 Å². The summed E-state index contributed by atoms with van der Waals surface area (Å²) in [5, 5.41) is 3.12. The first-order chi connectivity index (χ1) is 14.6. The zero-order chi connectivity index (χ0) is 22.8. The molecule has 0 saturated carbocycles. The predicted molar refractivity (Wildman–Crippen MR) is 124 cm³/mol. The van der Waals surface area contributed by atoms with Crippen molar-refractivity contribution in [2.45, 2.75) is 25.7 Å². The molecule has 8 heteroatoms. The van der Waals surface area contributed by atoms with Crippen molar-refractivity contribution < 1.29 is 17.9 Å². The van der Waals surface area contributed by atoms with Crippen molar-refractivity contribution in [2.24, 2.45) is 0 Å². The van der Waals surface area contributed by atoms with Crippen LogP contribution in [0.3, 0.4) is 0 Å². The number of rotatable bonds is 6. The Balaban J connectivity index is 1.95. The van der Waals surface area contributed by atoms with Crippen molar-refractivity contribution in [3.8, 4) is 5.75 Å². The van der Waals surface area contributed by atoms with E-state index in [-0.39, 0.29) is 10.6 Å². The van der Waals surface area contributed by atoms with Crippen LogP contribution in [0.4, 0.5) is 11.4 Å². The Labute approximate surface area is 187 Å². The summed E-state index contributed by atoms with van der Waals surface area (Å²) in [6, 6.07) is 14.6. The maximum absolute atomic E-state index is 13.1. The lowest BCUT2D eigenvalue weighted by Crippen LogP contribution is -2.17. The molecule has 0 radical (unpaired) electrons. The van der Waals surface area contributed by atoms with E-state index in [0.29, 0.717) is 22.0 Å². The predicted octanol–water partition coefficient (Wildman–Crippen LogP) is 5.33. The molecule has 6 nitrogen and oxygen atoms in total. The molecule has 0 saturated heterocycles. The van der Waals surface area contributed by atoms with Gasteiger partial charge in [-0.15, -0.1) is 0 Å². The fraction of sp³-hybridized carbons (Fsp3) is 0.174. The average molecular weight is 459 g/mol. The van der Waals surface area contributed by atoms with Crippen molar-refractivity contribution in [1.29, 1.82) is 0 Å². The summed E-state index contributed by atoms with van der Waals surface area (Å²) in [4.78, 5) is 12.6. The first kappa shape index (κ1) is 22.7. The molecule has 0 bridgehead atoms. The van der Waals surface area contributed by atoms with Crippen LogP contribution in [0.5, 0.6) is 5.75 Å². The number of aryl methyl sites for hydroxylation is 3. The Bertz CT molecular complexity index is 1230. The number of nitrogens with one attached hydrogen (secondary N) is 2. The molecule has 162 valence electrons. The summed E-state index contributed by atoms with van der Waals surface area (Å²) in [6.07, 6.45) is 0. The molecule has 3 rings (SSSR count). The van der Waals surface area contributed by atoms with Crippen LogP contribution < -0.4 is 14.8 Å². The molecular formula is C23H23ClN2O4S. The highest BCUT2D eigenvalue weighted by Gasteiger charge is 2.20. The lowest BCUT2D eigenvalue weighted by Gasteiger charge is -2.16. The molecule has 0 fully saturated rings. The molecular weight excluding hydrogens is 436 g/mol. The van der Waals surface area contributed by atoms with E-state index in [9.17, 15) is 13.2 Å². The Morgan fingerprint density at radius 3 is 2.26 bits per heavy atom. The van der Waals surface area contributed by atoms with Gasteiger partial charge in [-0.1, -0.05) is 35.4 Å². The van der Waals surface area contributed by atoms with E-state index < -0.39 is 15.9 Å². The van der Waals surface area contributed by atoms with Gasteiger partial charge in [0.1, 0.15) is 5.75 Å². The molecule has 0 heterocycles. The fourth-order valence-electron chi connectivity index (χ4n) is 3.31. The maximum atomic E-state index is 13.1. The van der Waals surface area contributed by atoms with Crippen molar-refractivity contribution in [3.63, 3.8) is 0 Å². The van der Waals surface area contributed by atoms with Gasteiger partial charge < -0.3 is 10.1 Å². The van der Waals surface area contributed by atoms with Gasteiger partial charge in [-0.2, -0.15) is 0 Å². The van der Waals surface area contributed by atoms with E-state index >= 15 is 0 Å². The molecule has 0 aliphatic carbocycles. The van der Waals surface area contributed by atoms with Gasteiger partial charge in [0.05, 0.1) is 23.4 Å². The van der Waals surface area contributed by atoms with Gasteiger partial charge in [0.15, 0.2) is 0 Å². The van der Waals surface area contributed by atoms with Gasteiger partial charge in [-0.25, -0.2) is 8.42 Å². The number of ether oxygens (including phenoxy) is 1. The summed E-state index contributed by atoms with van der Waals surface area (Å²) in [5.74, 6) is -0.106. The monoisotopic (exact) mass is 458 g/mol. The number of carbonyl (C=O) groups is 1. The Morgan fingerprint density at radius 2 is 1.65 bits per heavy atom. The van der Waals surface area contributed by atoms with Gasteiger partial charge in [0.2, 0.25) is 0 Å². The number of halogens is 1. The summed E-state index contributed by atoms with van der Waals surface area (Å²) in [7, 11) is -2.46. The van der Waals surface area contributed by atoms with E-state index in [1.807, 2.05) is 32.9 Å². The zero-order valence-corrected chi connectivity index (χ0v) is 19.2. The minimum atomic E-state index is -3.90. The average Bonchev–Trinajstić information content (AvgIpc) is 2.70. The molecule has 31 heavy (non-hydrogen) atoms. The van der Waals surface area contributed by atoms with E-state index in [0.717, 1.165) is 16.7 Å². The largest absolute Gasteiger partial charge is 0.495 e. The van der Waals surface area contributed by atoms with Crippen LogP contribution in [-0.2, 0) is 10.0 Å². The van der Waals surface area contributed by atoms with Crippen LogP contribution in [0.15, 0.2) is 59.5 Å². The molecule has 0 unspecified atom stereocenters. The first-order valence-electron chi connectivity index (χ1n) is 9.46. The summed E-state index contributed by atoms with van der Waals surface area (Å²) < 4.78 is 34.1. The molecule has 0 aliphatic rings. The highest BCUT2D eigenvalue weighted by atomic mass is 35.5. The van der Waals surface area contributed by atoms with Crippen molar-refractivity contribution in [2.75, 3.05) is 17.1 Å². The number of sulfonamides is 1. The smallest absolute Gasteiger partial charge is 0.261 e. The molecule has 0 spiro atoms. The maximum Gasteiger partial charge on any atom is 0.261 e. The van der Waals surface area contributed by atoms with Crippen molar-refractivity contribution in [3.05, 3.63) is 81.9 Å². The molecule has 2 N–H and O–H groups in total. The van der Waals surface area contributed by atoms with Crippen LogP contribution in [0.25, 0.3) is 0 Å². The van der Waals surface area contributed by atoms with Crippen LogP contribution in [0.2, 0.25) is 5.02 Å². The molecule has 3 aromatic rings. The van der Waals surface area contributed by atoms with E-state index in [1.165, 1.54) is 31.4 Å². The highest BCUT2D eigenvalue weighted by molar-refractivity contribution is 7.92. The summed E-state index contributed by atoms with van der Waals surface area (Å²) in [6.45, 7) is 5.65. The van der Waals surface area contributed by atoms with Crippen molar-refractivity contribution >= 4 is 38.9 Å². The SMILES string of the molecule is COc1ccc(S(=O)(=O)Nc2c(C)cc(C)cc2C)cc1NC(=O)c1cccc(Cl)c1. The normalized spacial score (nSPS) is 11.1. The van der Waals surface area contributed by atoms with Crippen molar-refractivity contribution in [1.82, 2.24) is 0 Å². The van der Waals surface area contributed by atoms with E-state index in [4.69, 9.17) is 16.3 Å². The topological polar surface area (TPSA) is 84.5 Å². The van der Waals surface area contributed by atoms with Gasteiger partial charge in [-0.05, 0) is 68.3 Å². The summed E-state index contributed by atoms with van der Waals surface area (Å²) in [5.41, 5.74) is 3.80. The molecule has 0 atom stereocenters. The zero-order valence-electron chi connectivity index (χ0n) is 17.6. The third kappa shape index (κ3) is 5.18. The molecule has 1 amide bonds. The second kappa shape index (κ2) is 8.99. The second-order valence-electron chi connectivity index (χ2n) is 7.21. The minimum absolute atomic E-state index is 0.00549. The highest BCUT2D eigenvalue weighted by Crippen LogP contribution is 2.30. The third-order valence-corrected chi connectivity index (χ3v) is 6.31. The fourth-order valence-corrected chi connectivity index (χ4v) is 4.73. The first-order valence-corrected chi connectivity index (χ1v) is 11.3. The Kier molecular flexibility index (Phi) is 6.57. The molecule has 0 aromatic heterocycles. The Hall–Kier alpha value is -3.03. The quantitative estimate of drug-likeness (QED) is 0.523. The number of anilines is 2. The number of hydrogen-bond donors (Lipinski definition) is 2. The minimum Gasteiger partial charge on any atom is -0.495 e. The number of hydrogen-bond acceptors (Lipinski definition) is 4. The second-order valence-corrected chi connectivity index (χ2v) is 9.32. The number of amides is 1. The Morgan fingerprint density at radius 1 is 0.968 bits per heavy atom. The lowest BCUT2D eigenvalue weighted by atomic mass is 10.1. The lowest BCUT2D eigenvalue weighted by molar-refractivity contribution is 0.102. The third-order valence-electron chi connectivity index (χ3n) is 4.73. The number of carbonyl (C=O) groups excluding carboxylic acids is 1. The van der Waals surface area contributed by atoms with Crippen LogP contribution in [-0.4, -0.2) is 21.4 Å². The van der Waals surface area contributed by atoms with Crippen LogP contribution in [0.1, 0.15) is 27.0 Å². The standard InChI is InChI=1S/C23H23ClN2O4S/c1-14-10-15(2)22(16(3)11-14)26-31(28,29)19-8-9-21(30-4)20(13-19)25-23(27)17-6-5-7-18(24)12-17/h5-13,26H,1-4H3,(H,25,27).